The molecule has 1 heterocycles. The third-order valence-corrected chi connectivity index (χ3v) is 3.08. The van der Waals surface area contributed by atoms with Crippen molar-refractivity contribution in [3.63, 3.8) is 0 Å². The number of rotatable bonds is 3. The first-order chi connectivity index (χ1) is 9.33. The van der Waals surface area contributed by atoms with E-state index in [1.54, 1.807) is 6.20 Å². The van der Waals surface area contributed by atoms with Crippen LogP contribution < -0.4 is 0 Å². The lowest BCUT2D eigenvalue weighted by Crippen LogP contribution is -2.06. The van der Waals surface area contributed by atoms with Crippen LogP contribution in [0.3, 0.4) is 0 Å². The number of fused-ring (bicyclic) bond motifs is 1. The van der Waals surface area contributed by atoms with Crippen LogP contribution in [0.4, 0.5) is 0 Å². The van der Waals surface area contributed by atoms with E-state index in [9.17, 15) is 5.11 Å². The quantitative estimate of drug-likeness (QED) is 0.777. The standard InChI is InChI=1S/C16H14N2O/c19-15(10-12-6-2-1-3-7-12)16-17-11-13-8-4-5-9-14(13)18-16/h1-9,11,15,19H,10H2/t15-/m0/s1. The van der Waals surface area contributed by atoms with Gasteiger partial charge < -0.3 is 5.11 Å². The third-order valence-electron chi connectivity index (χ3n) is 3.08. The van der Waals surface area contributed by atoms with Gasteiger partial charge in [-0.25, -0.2) is 9.97 Å². The van der Waals surface area contributed by atoms with Crippen LogP contribution in [0.1, 0.15) is 17.5 Å². The fraction of sp³-hybridized carbons (Fsp3) is 0.125. The summed E-state index contributed by atoms with van der Waals surface area (Å²) in [7, 11) is 0. The van der Waals surface area contributed by atoms with E-state index in [1.807, 2.05) is 54.6 Å². The Morgan fingerprint density at radius 3 is 2.53 bits per heavy atom. The fourth-order valence-corrected chi connectivity index (χ4v) is 2.08. The highest BCUT2D eigenvalue weighted by atomic mass is 16.3. The summed E-state index contributed by atoms with van der Waals surface area (Å²) in [6.45, 7) is 0. The van der Waals surface area contributed by atoms with Crippen LogP contribution in [0.5, 0.6) is 0 Å². The van der Waals surface area contributed by atoms with Gasteiger partial charge in [0.25, 0.3) is 0 Å². The Labute approximate surface area is 111 Å². The number of benzene rings is 2. The van der Waals surface area contributed by atoms with Gasteiger partial charge in [0.1, 0.15) is 6.10 Å². The average molecular weight is 250 g/mol. The summed E-state index contributed by atoms with van der Waals surface area (Å²) in [6, 6.07) is 17.6. The van der Waals surface area contributed by atoms with Crippen LogP contribution in [0.15, 0.2) is 60.8 Å². The molecule has 3 nitrogen and oxygen atoms in total. The molecule has 0 amide bonds. The molecule has 2 aromatic carbocycles. The molecule has 0 saturated carbocycles. The van der Waals surface area contributed by atoms with Gasteiger partial charge in [-0.15, -0.1) is 0 Å². The number of hydrogen-bond donors (Lipinski definition) is 1. The van der Waals surface area contributed by atoms with Crippen molar-refractivity contribution in [1.29, 1.82) is 0 Å². The molecule has 1 atom stereocenters. The topological polar surface area (TPSA) is 46.0 Å². The van der Waals surface area contributed by atoms with Crippen molar-refractivity contribution in [2.45, 2.75) is 12.5 Å². The highest BCUT2D eigenvalue weighted by molar-refractivity contribution is 5.77. The van der Waals surface area contributed by atoms with Crippen molar-refractivity contribution in [3.05, 3.63) is 72.2 Å². The second kappa shape index (κ2) is 5.16. The van der Waals surface area contributed by atoms with Gasteiger partial charge in [0.2, 0.25) is 0 Å². The van der Waals surface area contributed by atoms with E-state index in [2.05, 4.69) is 9.97 Å². The van der Waals surface area contributed by atoms with E-state index in [0.717, 1.165) is 16.5 Å². The molecular weight excluding hydrogens is 236 g/mol. The average Bonchev–Trinajstić information content (AvgIpc) is 2.48. The Morgan fingerprint density at radius 2 is 1.68 bits per heavy atom. The molecule has 0 spiro atoms. The second-order valence-electron chi connectivity index (χ2n) is 4.49. The van der Waals surface area contributed by atoms with Gasteiger partial charge in [0.05, 0.1) is 5.52 Å². The van der Waals surface area contributed by atoms with Crippen molar-refractivity contribution in [3.8, 4) is 0 Å². The summed E-state index contributed by atoms with van der Waals surface area (Å²) < 4.78 is 0. The number of hydrogen-bond acceptors (Lipinski definition) is 3. The molecule has 0 fully saturated rings. The van der Waals surface area contributed by atoms with Crippen LogP contribution in [-0.2, 0) is 6.42 Å². The smallest absolute Gasteiger partial charge is 0.157 e. The van der Waals surface area contributed by atoms with Crippen molar-refractivity contribution in [2.75, 3.05) is 0 Å². The normalized spacial score (nSPS) is 12.5. The predicted octanol–water partition coefficient (Wildman–Crippen LogP) is 2.91. The molecule has 0 saturated heterocycles. The summed E-state index contributed by atoms with van der Waals surface area (Å²) in [5.41, 5.74) is 1.94. The van der Waals surface area contributed by atoms with E-state index in [0.29, 0.717) is 12.2 Å². The molecule has 1 N–H and O–H groups in total. The summed E-state index contributed by atoms with van der Waals surface area (Å²) in [4.78, 5) is 8.65. The van der Waals surface area contributed by atoms with Crippen LogP contribution in [0, 0.1) is 0 Å². The summed E-state index contributed by atoms with van der Waals surface area (Å²) >= 11 is 0. The number of nitrogens with zero attached hydrogens (tertiary/aromatic N) is 2. The highest BCUT2D eigenvalue weighted by Crippen LogP contribution is 2.17. The number of aliphatic hydroxyl groups excluding tert-OH is 1. The Morgan fingerprint density at radius 1 is 0.947 bits per heavy atom. The Kier molecular flexibility index (Phi) is 3.21. The molecule has 0 aliphatic rings. The minimum absolute atomic E-state index is 0.475. The monoisotopic (exact) mass is 250 g/mol. The molecule has 0 radical (unpaired) electrons. The molecule has 3 rings (SSSR count). The summed E-state index contributed by atoms with van der Waals surface area (Å²) in [5, 5.41) is 11.2. The molecule has 0 bridgehead atoms. The first-order valence-corrected chi connectivity index (χ1v) is 6.26. The maximum atomic E-state index is 10.2. The van der Waals surface area contributed by atoms with Gasteiger partial charge >= 0.3 is 0 Å². The lowest BCUT2D eigenvalue weighted by atomic mass is 10.1. The zero-order valence-electron chi connectivity index (χ0n) is 10.4. The van der Waals surface area contributed by atoms with Gasteiger partial charge in [-0.3, -0.25) is 0 Å². The zero-order valence-corrected chi connectivity index (χ0v) is 10.4. The van der Waals surface area contributed by atoms with Crippen molar-refractivity contribution < 1.29 is 5.11 Å². The highest BCUT2D eigenvalue weighted by Gasteiger charge is 2.12. The minimum atomic E-state index is -0.674. The lowest BCUT2D eigenvalue weighted by Gasteiger charge is -2.09. The van der Waals surface area contributed by atoms with E-state index >= 15 is 0 Å². The second-order valence-corrected chi connectivity index (χ2v) is 4.49. The molecular formula is C16H14N2O. The maximum absolute atomic E-state index is 10.2. The predicted molar refractivity (Wildman–Crippen MR) is 74.6 cm³/mol. The van der Waals surface area contributed by atoms with Crippen LogP contribution in [0.25, 0.3) is 10.9 Å². The van der Waals surface area contributed by atoms with Crippen LogP contribution in [0.2, 0.25) is 0 Å². The fourth-order valence-electron chi connectivity index (χ4n) is 2.08. The number of aromatic nitrogens is 2. The van der Waals surface area contributed by atoms with Crippen LogP contribution >= 0.6 is 0 Å². The largest absolute Gasteiger partial charge is 0.385 e. The van der Waals surface area contributed by atoms with Crippen LogP contribution in [-0.4, -0.2) is 15.1 Å². The summed E-state index contributed by atoms with van der Waals surface area (Å²) in [5.74, 6) is 0.475. The van der Waals surface area contributed by atoms with Gasteiger partial charge in [0.15, 0.2) is 5.82 Å². The SMILES string of the molecule is O[C@@H](Cc1ccccc1)c1ncc2ccccc2n1. The molecule has 19 heavy (non-hydrogen) atoms. The molecule has 3 aromatic rings. The van der Waals surface area contributed by atoms with Gasteiger partial charge in [-0.1, -0.05) is 48.5 Å². The third kappa shape index (κ3) is 2.61. The van der Waals surface area contributed by atoms with Gasteiger partial charge in [-0.2, -0.15) is 0 Å². The van der Waals surface area contributed by atoms with E-state index in [1.165, 1.54) is 0 Å². The van der Waals surface area contributed by atoms with Crippen molar-refractivity contribution >= 4 is 10.9 Å². The summed E-state index contributed by atoms with van der Waals surface area (Å²) in [6.07, 6.45) is 1.61. The first kappa shape index (κ1) is 11.8. The van der Waals surface area contributed by atoms with E-state index in [4.69, 9.17) is 0 Å². The lowest BCUT2D eigenvalue weighted by molar-refractivity contribution is 0.169. The van der Waals surface area contributed by atoms with Gasteiger partial charge in [-0.05, 0) is 11.6 Å². The Bertz CT molecular complexity index is 682. The molecule has 94 valence electrons. The Balaban J connectivity index is 1.87. The van der Waals surface area contributed by atoms with Gasteiger partial charge in [0, 0.05) is 18.0 Å². The Hall–Kier alpha value is -2.26. The zero-order chi connectivity index (χ0) is 13.1. The molecule has 0 aliphatic heterocycles. The minimum Gasteiger partial charge on any atom is -0.385 e. The maximum Gasteiger partial charge on any atom is 0.157 e. The molecule has 1 aromatic heterocycles. The number of aliphatic hydroxyl groups is 1. The van der Waals surface area contributed by atoms with E-state index < -0.39 is 6.10 Å². The molecule has 3 heteroatoms. The van der Waals surface area contributed by atoms with Crippen molar-refractivity contribution in [2.24, 2.45) is 0 Å². The van der Waals surface area contributed by atoms with Crippen molar-refractivity contribution in [1.82, 2.24) is 9.97 Å². The molecule has 0 aliphatic carbocycles. The van der Waals surface area contributed by atoms with E-state index in [-0.39, 0.29) is 0 Å². The first-order valence-electron chi connectivity index (χ1n) is 6.26. The number of para-hydroxylation sites is 1. The molecule has 0 unspecified atom stereocenters.